The van der Waals surface area contributed by atoms with Crippen LogP contribution < -0.4 is 0 Å². The van der Waals surface area contributed by atoms with Gasteiger partial charge in [-0.25, -0.2) is 4.79 Å². The van der Waals surface area contributed by atoms with Crippen molar-refractivity contribution in [3.05, 3.63) is 35.9 Å². The molecule has 0 aliphatic carbocycles. The molecular formula is C12H15NO3. The van der Waals surface area contributed by atoms with Crippen LogP contribution >= 0.6 is 0 Å². The van der Waals surface area contributed by atoms with Gasteiger partial charge in [0.2, 0.25) is 0 Å². The minimum absolute atomic E-state index is 0.0828. The van der Waals surface area contributed by atoms with E-state index in [0.717, 1.165) is 5.56 Å². The molecule has 0 aliphatic heterocycles. The van der Waals surface area contributed by atoms with Crippen molar-refractivity contribution in [2.24, 2.45) is 4.99 Å². The Morgan fingerprint density at radius 3 is 2.56 bits per heavy atom. The molecule has 1 aromatic rings. The lowest BCUT2D eigenvalue weighted by Crippen LogP contribution is -2.24. The third-order valence-electron chi connectivity index (χ3n) is 2.15. The van der Waals surface area contributed by atoms with Gasteiger partial charge in [0, 0.05) is 12.8 Å². The van der Waals surface area contributed by atoms with E-state index in [4.69, 9.17) is 9.84 Å². The average Bonchev–Trinajstić information content (AvgIpc) is 2.29. The largest absolute Gasteiger partial charge is 0.480 e. The van der Waals surface area contributed by atoms with Crippen molar-refractivity contribution in [2.45, 2.75) is 13.0 Å². The number of rotatable bonds is 5. The molecule has 0 heterocycles. The third-order valence-corrected chi connectivity index (χ3v) is 2.15. The van der Waals surface area contributed by atoms with Crippen molar-refractivity contribution in [2.75, 3.05) is 13.7 Å². The summed E-state index contributed by atoms with van der Waals surface area (Å²) in [7, 11) is 1.46. The molecule has 16 heavy (non-hydrogen) atoms. The number of aliphatic carboxylic acids is 1. The van der Waals surface area contributed by atoms with Crippen LogP contribution in [0.2, 0.25) is 0 Å². The van der Waals surface area contributed by atoms with Gasteiger partial charge in [-0.15, -0.1) is 0 Å². The number of ether oxygens (including phenoxy) is 1. The van der Waals surface area contributed by atoms with Gasteiger partial charge in [-0.05, 0) is 12.5 Å². The Morgan fingerprint density at radius 2 is 2.06 bits per heavy atom. The van der Waals surface area contributed by atoms with Crippen LogP contribution in [0.15, 0.2) is 35.3 Å². The summed E-state index contributed by atoms with van der Waals surface area (Å²) in [6, 6.07) is 8.63. The van der Waals surface area contributed by atoms with E-state index in [1.807, 2.05) is 30.3 Å². The number of carboxylic acids is 1. The standard InChI is InChI=1S/C12H15NO3/c1-9(10-6-4-3-5-7-10)13-11(8-16-2)12(14)15/h3-7,11H,8H2,1-2H3,(H,14,15). The second-order valence-electron chi connectivity index (χ2n) is 3.39. The summed E-state index contributed by atoms with van der Waals surface area (Å²) in [6.07, 6.45) is 0. The maximum absolute atomic E-state index is 10.9. The maximum atomic E-state index is 10.9. The highest BCUT2D eigenvalue weighted by molar-refractivity contribution is 5.99. The van der Waals surface area contributed by atoms with Crippen molar-refractivity contribution in [3.8, 4) is 0 Å². The fourth-order valence-corrected chi connectivity index (χ4v) is 1.31. The molecule has 0 bridgehead atoms. The number of carboxylic acid groups (broad SMARTS) is 1. The van der Waals surface area contributed by atoms with Gasteiger partial charge in [-0.3, -0.25) is 4.99 Å². The molecule has 0 aliphatic rings. The highest BCUT2D eigenvalue weighted by Gasteiger charge is 2.15. The van der Waals surface area contributed by atoms with Crippen LogP contribution in [0.25, 0.3) is 0 Å². The molecule has 1 unspecified atom stereocenters. The average molecular weight is 221 g/mol. The first-order valence-electron chi connectivity index (χ1n) is 4.96. The molecule has 0 saturated heterocycles. The molecule has 4 nitrogen and oxygen atoms in total. The van der Waals surface area contributed by atoms with E-state index < -0.39 is 12.0 Å². The molecule has 86 valence electrons. The molecular weight excluding hydrogens is 206 g/mol. The molecule has 1 atom stereocenters. The lowest BCUT2D eigenvalue weighted by molar-refractivity contribution is -0.139. The molecule has 0 aromatic heterocycles. The zero-order chi connectivity index (χ0) is 12.0. The summed E-state index contributed by atoms with van der Waals surface area (Å²) in [5.41, 5.74) is 1.62. The summed E-state index contributed by atoms with van der Waals surface area (Å²) in [5.74, 6) is -0.975. The predicted octanol–water partition coefficient (Wildman–Crippen LogP) is 1.60. The van der Waals surface area contributed by atoms with Crippen molar-refractivity contribution >= 4 is 11.7 Å². The number of carbonyl (C=O) groups is 1. The van der Waals surface area contributed by atoms with E-state index in [1.54, 1.807) is 6.92 Å². The first-order chi connectivity index (χ1) is 7.65. The molecule has 1 aromatic carbocycles. The van der Waals surface area contributed by atoms with E-state index in [0.29, 0.717) is 5.71 Å². The van der Waals surface area contributed by atoms with E-state index >= 15 is 0 Å². The zero-order valence-corrected chi connectivity index (χ0v) is 9.38. The fraction of sp³-hybridized carbons (Fsp3) is 0.333. The minimum Gasteiger partial charge on any atom is -0.480 e. The smallest absolute Gasteiger partial charge is 0.330 e. The van der Waals surface area contributed by atoms with Gasteiger partial charge in [-0.2, -0.15) is 0 Å². The van der Waals surface area contributed by atoms with Crippen molar-refractivity contribution in [1.29, 1.82) is 0 Å². The van der Waals surface area contributed by atoms with Crippen molar-refractivity contribution in [3.63, 3.8) is 0 Å². The summed E-state index contributed by atoms with van der Waals surface area (Å²) in [5, 5.41) is 8.91. The lowest BCUT2D eigenvalue weighted by atomic mass is 10.1. The number of aliphatic imine (C=N–C) groups is 1. The molecule has 0 radical (unpaired) electrons. The molecule has 0 spiro atoms. The molecule has 0 amide bonds. The van der Waals surface area contributed by atoms with E-state index in [2.05, 4.69) is 4.99 Å². The number of hydrogen-bond donors (Lipinski definition) is 1. The Labute approximate surface area is 94.6 Å². The van der Waals surface area contributed by atoms with Crippen LogP contribution in [0.1, 0.15) is 12.5 Å². The lowest BCUT2D eigenvalue weighted by Gasteiger charge is -2.08. The monoisotopic (exact) mass is 221 g/mol. The van der Waals surface area contributed by atoms with E-state index in [9.17, 15) is 4.79 Å². The van der Waals surface area contributed by atoms with Crippen LogP contribution in [-0.2, 0) is 9.53 Å². The van der Waals surface area contributed by atoms with Crippen LogP contribution in [0.3, 0.4) is 0 Å². The van der Waals surface area contributed by atoms with Crippen LogP contribution in [0, 0.1) is 0 Å². The topological polar surface area (TPSA) is 58.9 Å². The fourth-order valence-electron chi connectivity index (χ4n) is 1.31. The van der Waals surface area contributed by atoms with Gasteiger partial charge in [0.15, 0.2) is 6.04 Å². The van der Waals surface area contributed by atoms with Crippen molar-refractivity contribution < 1.29 is 14.6 Å². The Morgan fingerprint density at radius 1 is 1.44 bits per heavy atom. The SMILES string of the molecule is COCC(N=C(C)c1ccccc1)C(=O)O. The highest BCUT2D eigenvalue weighted by Crippen LogP contribution is 2.03. The Bertz CT molecular complexity index is 373. The minimum atomic E-state index is -0.975. The predicted molar refractivity (Wildman–Crippen MR) is 62.0 cm³/mol. The Balaban J connectivity index is 2.85. The molecule has 4 heteroatoms. The second-order valence-corrected chi connectivity index (χ2v) is 3.39. The van der Waals surface area contributed by atoms with Gasteiger partial charge >= 0.3 is 5.97 Å². The maximum Gasteiger partial charge on any atom is 0.330 e. The Kier molecular flexibility index (Phi) is 4.66. The second kappa shape index (κ2) is 6.02. The van der Waals surface area contributed by atoms with Gasteiger partial charge in [-0.1, -0.05) is 30.3 Å². The summed E-state index contributed by atoms with van der Waals surface area (Å²) in [6.45, 7) is 1.88. The number of hydrogen-bond acceptors (Lipinski definition) is 3. The quantitative estimate of drug-likeness (QED) is 0.768. The number of methoxy groups -OCH3 is 1. The van der Waals surface area contributed by atoms with Crippen molar-refractivity contribution in [1.82, 2.24) is 0 Å². The number of nitrogens with zero attached hydrogens (tertiary/aromatic N) is 1. The van der Waals surface area contributed by atoms with E-state index in [1.165, 1.54) is 7.11 Å². The summed E-state index contributed by atoms with van der Waals surface area (Å²) < 4.78 is 4.81. The normalized spacial score (nSPS) is 13.5. The van der Waals surface area contributed by atoms with Gasteiger partial charge in [0.05, 0.1) is 6.61 Å². The molecule has 1 rings (SSSR count). The summed E-state index contributed by atoms with van der Waals surface area (Å²) in [4.78, 5) is 15.0. The highest BCUT2D eigenvalue weighted by atomic mass is 16.5. The molecule has 0 fully saturated rings. The first kappa shape index (κ1) is 12.4. The Hall–Kier alpha value is -1.68. The van der Waals surface area contributed by atoms with Gasteiger partial charge < -0.3 is 9.84 Å². The van der Waals surface area contributed by atoms with Gasteiger partial charge in [0.25, 0.3) is 0 Å². The van der Waals surface area contributed by atoms with Crippen LogP contribution in [0.4, 0.5) is 0 Å². The van der Waals surface area contributed by atoms with Crippen LogP contribution in [-0.4, -0.2) is 36.5 Å². The summed E-state index contributed by atoms with van der Waals surface area (Å²) >= 11 is 0. The van der Waals surface area contributed by atoms with Crippen LogP contribution in [0.5, 0.6) is 0 Å². The van der Waals surface area contributed by atoms with Gasteiger partial charge in [0.1, 0.15) is 0 Å². The van der Waals surface area contributed by atoms with E-state index in [-0.39, 0.29) is 6.61 Å². The zero-order valence-electron chi connectivity index (χ0n) is 9.38. The first-order valence-corrected chi connectivity index (χ1v) is 4.96. The molecule has 1 N–H and O–H groups in total. The number of benzene rings is 1. The molecule has 0 saturated carbocycles. The third kappa shape index (κ3) is 3.47.